The third-order valence-corrected chi connectivity index (χ3v) is 3.57. The molecular weight excluding hydrogens is 224 g/mol. The van der Waals surface area contributed by atoms with Crippen molar-refractivity contribution >= 4 is 5.69 Å². The first-order valence-corrected chi connectivity index (χ1v) is 6.79. The molecule has 2 rings (SSSR count). The molecule has 1 unspecified atom stereocenters. The third kappa shape index (κ3) is 3.72. The minimum Gasteiger partial charge on any atom is -0.385 e. The Morgan fingerprint density at radius 1 is 1.39 bits per heavy atom. The van der Waals surface area contributed by atoms with Crippen LogP contribution in [-0.2, 0) is 11.2 Å². The summed E-state index contributed by atoms with van der Waals surface area (Å²) in [6.07, 6.45) is 2.31. The van der Waals surface area contributed by atoms with Crippen LogP contribution in [0.4, 0.5) is 5.69 Å². The van der Waals surface area contributed by atoms with Crippen molar-refractivity contribution in [2.75, 3.05) is 45.7 Å². The summed E-state index contributed by atoms with van der Waals surface area (Å²) in [5.74, 6) is 0.715. The molecule has 1 aliphatic heterocycles. The van der Waals surface area contributed by atoms with Crippen LogP contribution in [0.2, 0.25) is 0 Å². The van der Waals surface area contributed by atoms with E-state index in [2.05, 4.69) is 41.5 Å². The normalized spacial score (nSPS) is 18.5. The van der Waals surface area contributed by atoms with E-state index in [1.165, 1.54) is 17.7 Å². The second-order valence-electron chi connectivity index (χ2n) is 5.22. The van der Waals surface area contributed by atoms with Crippen LogP contribution < -0.4 is 5.32 Å². The van der Waals surface area contributed by atoms with Crippen LogP contribution in [0.5, 0.6) is 0 Å². The molecule has 0 aliphatic carbocycles. The highest BCUT2D eigenvalue weighted by molar-refractivity contribution is 5.53. The Hall–Kier alpha value is -1.06. The molecule has 3 nitrogen and oxygen atoms in total. The van der Waals surface area contributed by atoms with Gasteiger partial charge in [-0.15, -0.1) is 0 Å². The number of nitrogens with one attached hydrogen (secondary N) is 1. The number of hydrogen-bond acceptors (Lipinski definition) is 3. The van der Waals surface area contributed by atoms with Crippen LogP contribution in [0.3, 0.4) is 0 Å². The van der Waals surface area contributed by atoms with E-state index < -0.39 is 0 Å². The van der Waals surface area contributed by atoms with E-state index in [1.54, 1.807) is 7.11 Å². The Morgan fingerprint density at radius 3 is 3.06 bits per heavy atom. The Bertz CT molecular complexity index is 367. The van der Waals surface area contributed by atoms with Gasteiger partial charge in [0, 0.05) is 39.0 Å². The number of anilines is 1. The fourth-order valence-corrected chi connectivity index (χ4v) is 2.65. The summed E-state index contributed by atoms with van der Waals surface area (Å²) in [6, 6.07) is 8.64. The first-order valence-electron chi connectivity index (χ1n) is 6.79. The van der Waals surface area contributed by atoms with E-state index in [9.17, 15) is 0 Å². The number of methoxy groups -OCH3 is 1. The summed E-state index contributed by atoms with van der Waals surface area (Å²) in [5, 5.41) is 3.53. The van der Waals surface area contributed by atoms with Crippen molar-refractivity contribution < 1.29 is 4.74 Å². The van der Waals surface area contributed by atoms with E-state index in [-0.39, 0.29) is 0 Å². The van der Waals surface area contributed by atoms with E-state index >= 15 is 0 Å². The van der Waals surface area contributed by atoms with Crippen molar-refractivity contribution in [2.45, 2.75) is 12.8 Å². The monoisotopic (exact) mass is 248 g/mol. The number of rotatable bonds is 6. The van der Waals surface area contributed by atoms with Gasteiger partial charge in [-0.25, -0.2) is 0 Å². The van der Waals surface area contributed by atoms with E-state index in [4.69, 9.17) is 4.74 Å². The smallest absolute Gasteiger partial charge is 0.0474 e. The zero-order chi connectivity index (χ0) is 12.8. The van der Waals surface area contributed by atoms with Crippen molar-refractivity contribution in [3.8, 4) is 0 Å². The number of fused-ring (bicyclic) bond motifs is 1. The minimum absolute atomic E-state index is 0.715. The summed E-state index contributed by atoms with van der Waals surface area (Å²) in [7, 11) is 3.97. The molecule has 1 atom stereocenters. The van der Waals surface area contributed by atoms with Gasteiger partial charge in [-0.1, -0.05) is 18.2 Å². The lowest BCUT2D eigenvalue weighted by molar-refractivity contribution is 0.174. The summed E-state index contributed by atoms with van der Waals surface area (Å²) >= 11 is 0. The lowest BCUT2D eigenvalue weighted by Gasteiger charge is -2.29. The number of benzene rings is 1. The molecule has 0 amide bonds. The van der Waals surface area contributed by atoms with Gasteiger partial charge in [0.25, 0.3) is 0 Å². The van der Waals surface area contributed by atoms with Crippen LogP contribution in [0.25, 0.3) is 0 Å². The predicted molar refractivity (Wildman–Crippen MR) is 76.1 cm³/mol. The standard InChI is InChI=1S/C15H24N2O/c1-17(8-5-9-18-2)12-13-10-14-6-3-4-7-15(14)16-11-13/h3-4,6-7,13,16H,5,8-12H2,1-2H3. The number of nitrogens with zero attached hydrogens (tertiary/aromatic N) is 1. The third-order valence-electron chi connectivity index (χ3n) is 3.57. The maximum Gasteiger partial charge on any atom is 0.0474 e. The maximum atomic E-state index is 5.09. The molecule has 1 aromatic carbocycles. The first kappa shape index (κ1) is 13.4. The quantitative estimate of drug-likeness (QED) is 0.781. The Labute approximate surface area is 110 Å². The summed E-state index contributed by atoms with van der Waals surface area (Å²) in [4.78, 5) is 2.42. The molecule has 0 aromatic heterocycles. The topological polar surface area (TPSA) is 24.5 Å². The molecule has 1 N–H and O–H groups in total. The molecule has 0 fully saturated rings. The van der Waals surface area contributed by atoms with Crippen molar-refractivity contribution in [1.82, 2.24) is 4.90 Å². The highest BCUT2D eigenvalue weighted by Gasteiger charge is 2.18. The minimum atomic E-state index is 0.715. The first-order chi connectivity index (χ1) is 8.79. The molecule has 0 spiro atoms. The fourth-order valence-electron chi connectivity index (χ4n) is 2.65. The van der Waals surface area contributed by atoms with Gasteiger partial charge < -0.3 is 15.0 Å². The van der Waals surface area contributed by atoms with Crippen molar-refractivity contribution in [3.05, 3.63) is 29.8 Å². The van der Waals surface area contributed by atoms with Gasteiger partial charge in [0.15, 0.2) is 0 Å². The van der Waals surface area contributed by atoms with Gasteiger partial charge in [-0.05, 0) is 37.4 Å². The largest absolute Gasteiger partial charge is 0.385 e. The van der Waals surface area contributed by atoms with Crippen LogP contribution in [0.1, 0.15) is 12.0 Å². The molecule has 100 valence electrons. The summed E-state index contributed by atoms with van der Waals surface area (Å²) in [6.45, 7) is 4.22. The van der Waals surface area contributed by atoms with E-state index in [1.807, 2.05) is 0 Å². The van der Waals surface area contributed by atoms with Gasteiger partial charge in [-0.2, -0.15) is 0 Å². The molecule has 3 heteroatoms. The number of para-hydroxylation sites is 1. The SMILES string of the molecule is COCCCN(C)CC1CNc2ccccc2C1. The lowest BCUT2D eigenvalue weighted by Crippen LogP contribution is -2.34. The van der Waals surface area contributed by atoms with Crippen molar-refractivity contribution in [2.24, 2.45) is 5.92 Å². The molecule has 0 saturated carbocycles. The van der Waals surface area contributed by atoms with Gasteiger partial charge >= 0.3 is 0 Å². The highest BCUT2D eigenvalue weighted by atomic mass is 16.5. The van der Waals surface area contributed by atoms with Crippen LogP contribution in [-0.4, -0.2) is 45.3 Å². The van der Waals surface area contributed by atoms with Crippen LogP contribution in [0, 0.1) is 5.92 Å². The molecule has 0 bridgehead atoms. The second kappa shape index (κ2) is 6.76. The fraction of sp³-hybridized carbons (Fsp3) is 0.600. The Balaban J connectivity index is 1.79. The zero-order valence-corrected chi connectivity index (χ0v) is 11.5. The average Bonchev–Trinajstić information content (AvgIpc) is 2.39. The zero-order valence-electron chi connectivity index (χ0n) is 11.5. The van der Waals surface area contributed by atoms with Gasteiger partial charge in [0.1, 0.15) is 0 Å². The molecule has 1 aromatic rings. The molecule has 18 heavy (non-hydrogen) atoms. The van der Waals surface area contributed by atoms with Crippen molar-refractivity contribution in [1.29, 1.82) is 0 Å². The highest BCUT2D eigenvalue weighted by Crippen LogP contribution is 2.24. The lowest BCUT2D eigenvalue weighted by atomic mass is 9.93. The van der Waals surface area contributed by atoms with Crippen molar-refractivity contribution in [3.63, 3.8) is 0 Å². The molecule has 0 radical (unpaired) electrons. The summed E-state index contributed by atoms with van der Waals surface area (Å²) < 4.78 is 5.09. The Morgan fingerprint density at radius 2 is 2.22 bits per heavy atom. The second-order valence-corrected chi connectivity index (χ2v) is 5.22. The molecule has 1 heterocycles. The maximum absolute atomic E-state index is 5.09. The van der Waals surface area contributed by atoms with Gasteiger partial charge in [0.05, 0.1) is 0 Å². The number of ether oxygens (including phenoxy) is 1. The van der Waals surface area contributed by atoms with Gasteiger partial charge in [-0.3, -0.25) is 0 Å². The summed E-state index contributed by atoms with van der Waals surface area (Å²) in [5.41, 5.74) is 2.77. The predicted octanol–water partition coefficient (Wildman–Crippen LogP) is 2.24. The average molecular weight is 248 g/mol. The van der Waals surface area contributed by atoms with E-state index in [0.717, 1.165) is 32.7 Å². The van der Waals surface area contributed by atoms with Crippen LogP contribution >= 0.6 is 0 Å². The van der Waals surface area contributed by atoms with Gasteiger partial charge in [0.2, 0.25) is 0 Å². The molecule has 1 aliphatic rings. The number of hydrogen-bond donors (Lipinski definition) is 1. The molecule has 0 saturated heterocycles. The van der Waals surface area contributed by atoms with E-state index in [0.29, 0.717) is 5.92 Å². The Kier molecular flexibility index (Phi) is 5.02. The van der Waals surface area contributed by atoms with Crippen LogP contribution in [0.15, 0.2) is 24.3 Å². The molecular formula is C15H24N2O.